The van der Waals surface area contributed by atoms with E-state index >= 15 is 0 Å². The van der Waals surface area contributed by atoms with Crippen LogP contribution in [0, 0.1) is 0 Å². The van der Waals surface area contributed by atoms with Gasteiger partial charge in [-0.1, -0.05) is 37.6 Å². The first-order valence-electron chi connectivity index (χ1n) is 8.65. The van der Waals surface area contributed by atoms with Gasteiger partial charge in [0.15, 0.2) is 5.82 Å². The van der Waals surface area contributed by atoms with Gasteiger partial charge < -0.3 is 16.8 Å². The van der Waals surface area contributed by atoms with Crippen LogP contribution in [0.15, 0.2) is 36.4 Å². The fraction of sp³-hybridized carbons (Fsp3) is 0.316. The molecular weight excluding hydrogens is 312 g/mol. The Morgan fingerprint density at radius 1 is 1.00 bits per heavy atom. The van der Waals surface area contributed by atoms with E-state index in [0.717, 1.165) is 48.1 Å². The van der Waals surface area contributed by atoms with Gasteiger partial charge in [-0.2, -0.15) is 4.98 Å². The number of anilines is 2. The zero-order valence-electron chi connectivity index (χ0n) is 14.5. The van der Waals surface area contributed by atoms with Gasteiger partial charge in [0, 0.05) is 25.2 Å². The number of nitrogens with zero attached hydrogens (tertiary/aromatic N) is 3. The zero-order valence-corrected chi connectivity index (χ0v) is 14.5. The Morgan fingerprint density at radius 2 is 1.80 bits per heavy atom. The number of nitrogen functional groups attached to an aromatic ring is 1. The second-order valence-corrected chi connectivity index (χ2v) is 6.03. The minimum atomic E-state index is 0.259. The molecule has 6 heteroatoms. The predicted molar refractivity (Wildman–Crippen MR) is 102 cm³/mol. The number of hydrogen-bond acceptors (Lipinski definition) is 6. The number of hydrogen-bond donors (Lipinski definition) is 3. The molecule has 0 amide bonds. The molecule has 2 aromatic heterocycles. The first-order valence-corrected chi connectivity index (χ1v) is 8.65. The fourth-order valence-corrected chi connectivity index (χ4v) is 2.80. The van der Waals surface area contributed by atoms with Gasteiger partial charge in [-0.25, -0.2) is 9.97 Å². The first-order chi connectivity index (χ1) is 12.2. The summed E-state index contributed by atoms with van der Waals surface area (Å²) in [5, 5.41) is 3.33. The Balaban J connectivity index is 1.95. The van der Waals surface area contributed by atoms with E-state index in [0.29, 0.717) is 12.4 Å². The third-order valence-corrected chi connectivity index (χ3v) is 4.15. The second-order valence-electron chi connectivity index (χ2n) is 6.03. The number of fused-ring (bicyclic) bond motifs is 1. The maximum Gasteiger partial charge on any atom is 0.222 e. The Labute approximate surface area is 147 Å². The van der Waals surface area contributed by atoms with Crippen LogP contribution in [0.3, 0.4) is 0 Å². The summed E-state index contributed by atoms with van der Waals surface area (Å²) in [7, 11) is 0. The lowest BCUT2D eigenvalue weighted by molar-refractivity contribution is 0.831. The van der Waals surface area contributed by atoms with Crippen LogP contribution in [-0.4, -0.2) is 21.5 Å². The minimum absolute atomic E-state index is 0.259. The summed E-state index contributed by atoms with van der Waals surface area (Å²) in [4.78, 5) is 13.4. The molecule has 3 aromatic rings. The van der Waals surface area contributed by atoms with Crippen LogP contribution in [0.2, 0.25) is 0 Å². The van der Waals surface area contributed by atoms with E-state index < -0.39 is 0 Å². The van der Waals surface area contributed by atoms with Crippen LogP contribution in [0.5, 0.6) is 0 Å². The summed E-state index contributed by atoms with van der Waals surface area (Å²) in [5.41, 5.74) is 16.5. The molecule has 6 nitrogen and oxygen atoms in total. The van der Waals surface area contributed by atoms with Crippen molar-refractivity contribution < 1.29 is 0 Å². The third-order valence-electron chi connectivity index (χ3n) is 4.15. The SMILES string of the molecule is CCCCNc1nc(N)nc2ccc(Cc3ccccc3CN)nc12. The molecule has 0 spiro atoms. The minimum Gasteiger partial charge on any atom is -0.368 e. The summed E-state index contributed by atoms with van der Waals surface area (Å²) in [6.07, 6.45) is 2.90. The fourth-order valence-electron chi connectivity index (χ4n) is 2.80. The number of benzene rings is 1. The lowest BCUT2D eigenvalue weighted by atomic mass is 10.0. The van der Waals surface area contributed by atoms with Gasteiger partial charge in [0.2, 0.25) is 5.95 Å². The third kappa shape index (κ3) is 4.03. The van der Waals surface area contributed by atoms with Crippen molar-refractivity contribution in [1.82, 2.24) is 15.0 Å². The number of nitrogens with one attached hydrogen (secondary N) is 1. The van der Waals surface area contributed by atoms with Crippen molar-refractivity contribution in [3.63, 3.8) is 0 Å². The van der Waals surface area contributed by atoms with E-state index in [2.05, 4.69) is 34.3 Å². The van der Waals surface area contributed by atoms with Crippen molar-refractivity contribution in [3.8, 4) is 0 Å². The molecule has 0 radical (unpaired) electrons. The quantitative estimate of drug-likeness (QED) is 0.573. The van der Waals surface area contributed by atoms with Crippen molar-refractivity contribution in [2.75, 3.05) is 17.6 Å². The molecule has 0 aliphatic carbocycles. The molecule has 0 saturated carbocycles. The Kier molecular flexibility index (Phi) is 5.40. The Bertz CT molecular complexity index is 862. The number of nitrogens with two attached hydrogens (primary N) is 2. The molecule has 2 heterocycles. The average molecular weight is 336 g/mol. The lowest BCUT2D eigenvalue weighted by Gasteiger charge is -2.11. The zero-order chi connectivity index (χ0) is 17.6. The average Bonchev–Trinajstić information content (AvgIpc) is 2.62. The van der Waals surface area contributed by atoms with E-state index in [4.69, 9.17) is 16.5 Å². The monoisotopic (exact) mass is 336 g/mol. The number of pyridine rings is 1. The van der Waals surface area contributed by atoms with Crippen LogP contribution >= 0.6 is 0 Å². The highest BCUT2D eigenvalue weighted by Gasteiger charge is 2.10. The molecule has 0 atom stereocenters. The molecule has 25 heavy (non-hydrogen) atoms. The van der Waals surface area contributed by atoms with Gasteiger partial charge in [0.05, 0.1) is 5.52 Å². The van der Waals surface area contributed by atoms with Crippen LogP contribution < -0.4 is 16.8 Å². The van der Waals surface area contributed by atoms with Crippen LogP contribution in [0.4, 0.5) is 11.8 Å². The highest BCUT2D eigenvalue weighted by Crippen LogP contribution is 2.21. The Morgan fingerprint density at radius 3 is 2.56 bits per heavy atom. The van der Waals surface area contributed by atoms with Crippen LogP contribution in [0.25, 0.3) is 11.0 Å². The van der Waals surface area contributed by atoms with Gasteiger partial charge in [0.25, 0.3) is 0 Å². The number of rotatable bonds is 7. The molecule has 0 unspecified atom stereocenters. The molecule has 130 valence electrons. The van der Waals surface area contributed by atoms with Gasteiger partial charge in [-0.05, 0) is 29.7 Å². The highest BCUT2D eigenvalue weighted by atomic mass is 15.1. The highest BCUT2D eigenvalue weighted by molar-refractivity contribution is 5.86. The Hall–Kier alpha value is -2.73. The molecular formula is C19H24N6. The van der Waals surface area contributed by atoms with Crippen molar-refractivity contribution in [2.24, 2.45) is 5.73 Å². The van der Waals surface area contributed by atoms with Gasteiger partial charge in [0.1, 0.15) is 5.52 Å². The largest absolute Gasteiger partial charge is 0.368 e. The smallest absolute Gasteiger partial charge is 0.222 e. The topological polar surface area (TPSA) is 103 Å². The molecule has 1 aromatic carbocycles. The second kappa shape index (κ2) is 7.90. The summed E-state index contributed by atoms with van der Waals surface area (Å²) in [5.74, 6) is 0.958. The normalized spacial score (nSPS) is 11.0. The van der Waals surface area contributed by atoms with Gasteiger partial charge in [-0.3, -0.25) is 0 Å². The maximum absolute atomic E-state index is 5.84. The summed E-state index contributed by atoms with van der Waals surface area (Å²) < 4.78 is 0. The van der Waals surface area contributed by atoms with Crippen LogP contribution in [0.1, 0.15) is 36.6 Å². The summed E-state index contributed by atoms with van der Waals surface area (Å²) in [6.45, 7) is 3.51. The lowest BCUT2D eigenvalue weighted by Crippen LogP contribution is -2.08. The molecule has 0 fully saturated rings. The van der Waals surface area contributed by atoms with E-state index in [1.54, 1.807) is 0 Å². The summed E-state index contributed by atoms with van der Waals surface area (Å²) >= 11 is 0. The maximum atomic E-state index is 5.84. The summed E-state index contributed by atoms with van der Waals surface area (Å²) in [6, 6.07) is 12.1. The molecule has 0 saturated heterocycles. The van der Waals surface area contributed by atoms with Crippen molar-refractivity contribution in [1.29, 1.82) is 0 Å². The van der Waals surface area contributed by atoms with Crippen molar-refractivity contribution in [2.45, 2.75) is 32.7 Å². The number of unbranched alkanes of at least 4 members (excludes halogenated alkanes) is 1. The van der Waals surface area contributed by atoms with E-state index in [1.807, 2.05) is 24.3 Å². The molecule has 0 bridgehead atoms. The van der Waals surface area contributed by atoms with E-state index in [9.17, 15) is 0 Å². The van der Waals surface area contributed by atoms with Crippen molar-refractivity contribution in [3.05, 3.63) is 53.2 Å². The molecule has 5 N–H and O–H groups in total. The standard InChI is InChI=1S/C19H24N6/c1-2-3-10-22-18-17-16(24-19(21)25-18)9-8-15(23-17)11-13-6-4-5-7-14(13)12-20/h4-9H,2-3,10-12,20H2,1H3,(H3,21,22,24,25). The van der Waals surface area contributed by atoms with Gasteiger partial charge in [-0.15, -0.1) is 0 Å². The van der Waals surface area contributed by atoms with Gasteiger partial charge >= 0.3 is 0 Å². The van der Waals surface area contributed by atoms with Crippen molar-refractivity contribution >= 4 is 22.8 Å². The first kappa shape index (κ1) is 17.1. The van der Waals surface area contributed by atoms with E-state index in [1.165, 1.54) is 5.56 Å². The number of aromatic nitrogens is 3. The molecule has 3 rings (SSSR count). The molecule has 0 aliphatic heterocycles. The predicted octanol–water partition coefficient (Wildman–Crippen LogP) is 2.87. The molecule has 0 aliphatic rings. The van der Waals surface area contributed by atoms with Crippen LogP contribution in [-0.2, 0) is 13.0 Å². The van der Waals surface area contributed by atoms with E-state index in [-0.39, 0.29) is 5.95 Å².